The number of benzene rings is 2. The first kappa shape index (κ1) is 23.3. The van der Waals surface area contributed by atoms with Gasteiger partial charge in [0.2, 0.25) is 5.91 Å². The van der Waals surface area contributed by atoms with Crippen LogP contribution in [0.5, 0.6) is 5.75 Å². The second-order valence-corrected chi connectivity index (χ2v) is 10.1. The van der Waals surface area contributed by atoms with Crippen molar-refractivity contribution in [3.63, 3.8) is 0 Å². The molecule has 2 fully saturated rings. The van der Waals surface area contributed by atoms with Crippen molar-refractivity contribution in [1.82, 2.24) is 10.2 Å². The van der Waals surface area contributed by atoms with Gasteiger partial charge in [0.25, 0.3) is 5.91 Å². The van der Waals surface area contributed by atoms with E-state index in [0.29, 0.717) is 17.6 Å². The summed E-state index contributed by atoms with van der Waals surface area (Å²) in [4.78, 5) is 27.2. The van der Waals surface area contributed by atoms with E-state index in [2.05, 4.69) is 16.3 Å². The van der Waals surface area contributed by atoms with Crippen LogP contribution in [0.2, 0.25) is 0 Å². The SMILES string of the molecule is Cc1ccc(OC(C)(C)C(=O)NC2CC3CCC(C2)N3Cc2cccc(C(N)=O)c2)c(C)c1. The van der Waals surface area contributed by atoms with Gasteiger partial charge in [-0.25, -0.2) is 0 Å². The zero-order chi connectivity index (χ0) is 23.8. The van der Waals surface area contributed by atoms with Gasteiger partial charge in [-0.2, -0.15) is 0 Å². The van der Waals surface area contributed by atoms with Crippen molar-refractivity contribution in [3.8, 4) is 5.75 Å². The predicted molar refractivity (Wildman–Crippen MR) is 129 cm³/mol. The van der Waals surface area contributed by atoms with Gasteiger partial charge < -0.3 is 15.8 Å². The Bertz CT molecular complexity index is 1030. The van der Waals surface area contributed by atoms with E-state index in [1.807, 2.05) is 58.0 Å². The number of rotatable bonds is 7. The van der Waals surface area contributed by atoms with E-state index < -0.39 is 11.5 Å². The number of aryl methyl sites for hydroxylation is 2. The number of nitrogens with one attached hydrogen (secondary N) is 1. The van der Waals surface area contributed by atoms with Crippen molar-refractivity contribution in [2.24, 2.45) is 5.73 Å². The molecule has 2 atom stereocenters. The van der Waals surface area contributed by atoms with Gasteiger partial charge in [-0.15, -0.1) is 0 Å². The molecule has 6 nitrogen and oxygen atoms in total. The van der Waals surface area contributed by atoms with Gasteiger partial charge in [-0.1, -0.05) is 29.8 Å². The number of hydrogen-bond acceptors (Lipinski definition) is 4. The van der Waals surface area contributed by atoms with Crippen LogP contribution >= 0.6 is 0 Å². The molecule has 2 unspecified atom stereocenters. The fraction of sp³-hybridized carbons (Fsp3) is 0.481. The van der Waals surface area contributed by atoms with Gasteiger partial charge in [0.15, 0.2) is 5.60 Å². The zero-order valence-electron chi connectivity index (χ0n) is 20.1. The number of nitrogens with zero attached hydrogens (tertiary/aromatic N) is 1. The summed E-state index contributed by atoms with van der Waals surface area (Å²) < 4.78 is 6.13. The van der Waals surface area contributed by atoms with Gasteiger partial charge in [-0.3, -0.25) is 14.5 Å². The molecule has 0 aromatic heterocycles. The highest BCUT2D eigenvalue weighted by molar-refractivity contribution is 5.92. The standard InChI is InChI=1S/C27H35N3O3/c1-17-8-11-24(18(2)12-17)33-27(3,4)26(32)29-21-14-22-9-10-23(15-21)30(22)16-19-6-5-7-20(13-19)25(28)31/h5-8,11-13,21-23H,9-10,14-16H2,1-4H3,(H2,28,31)(H,29,32). The van der Waals surface area contributed by atoms with E-state index in [4.69, 9.17) is 10.5 Å². The molecule has 2 bridgehead atoms. The summed E-state index contributed by atoms with van der Waals surface area (Å²) in [5.74, 6) is 0.273. The average Bonchev–Trinajstić information content (AvgIpc) is 2.98. The molecule has 2 aliphatic rings. The van der Waals surface area contributed by atoms with Crippen LogP contribution in [0.25, 0.3) is 0 Å². The minimum Gasteiger partial charge on any atom is -0.478 e. The molecule has 2 saturated heterocycles. The molecule has 2 aromatic rings. The molecule has 0 saturated carbocycles. The number of piperidine rings is 1. The van der Waals surface area contributed by atoms with Crippen LogP contribution in [-0.4, -0.2) is 40.4 Å². The van der Waals surface area contributed by atoms with Gasteiger partial charge in [-0.05, 0) is 82.7 Å². The Hall–Kier alpha value is -2.86. The second kappa shape index (κ2) is 9.18. The van der Waals surface area contributed by atoms with Crippen LogP contribution in [0.3, 0.4) is 0 Å². The van der Waals surface area contributed by atoms with Crippen LogP contribution in [0.15, 0.2) is 42.5 Å². The number of ether oxygens (including phenoxy) is 1. The lowest BCUT2D eigenvalue weighted by Gasteiger charge is -2.40. The highest BCUT2D eigenvalue weighted by atomic mass is 16.5. The van der Waals surface area contributed by atoms with Gasteiger partial charge in [0.05, 0.1) is 0 Å². The minimum atomic E-state index is -0.953. The first-order valence-corrected chi connectivity index (χ1v) is 11.8. The Balaban J connectivity index is 1.37. The highest BCUT2D eigenvalue weighted by Crippen LogP contribution is 2.37. The summed E-state index contributed by atoms with van der Waals surface area (Å²) in [6, 6.07) is 14.6. The van der Waals surface area contributed by atoms with E-state index in [1.54, 1.807) is 6.07 Å². The van der Waals surface area contributed by atoms with E-state index >= 15 is 0 Å². The van der Waals surface area contributed by atoms with Gasteiger partial charge >= 0.3 is 0 Å². The largest absolute Gasteiger partial charge is 0.478 e. The molecule has 6 heteroatoms. The first-order chi connectivity index (χ1) is 15.6. The summed E-state index contributed by atoms with van der Waals surface area (Å²) in [5.41, 5.74) is 8.35. The van der Waals surface area contributed by atoms with E-state index in [0.717, 1.165) is 49.1 Å². The summed E-state index contributed by atoms with van der Waals surface area (Å²) in [5, 5.41) is 3.27. The lowest BCUT2D eigenvalue weighted by atomic mass is 9.95. The number of nitrogens with two attached hydrogens (primary N) is 1. The van der Waals surface area contributed by atoms with Crippen LogP contribution in [0.1, 0.15) is 66.6 Å². The molecule has 0 radical (unpaired) electrons. The molecule has 3 N–H and O–H groups in total. The Morgan fingerprint density at radius 3 is 2.42 bits per heavy atom. The van der Waals surface area contributed by atoms with Crippen LogP contribution in [-0.2, 0) is 11.3 Å². The molecule has 4 rings (SSSR count). The number of primary amides is 1. The molecular formula is C27H35N3O3. The second-order valence-electron chi connectivity index (χ2n) is 10.1. The molecule has 33 heavy (non-hydrogen) atoms. The average molecular weight is 450 g/mol. The Morgan fingerprint density at radius 1 is 1.09 bits per heavy atom. The topological polar surface area (TPSA) is 84.7 Å². The van der Waals surface area contributed by atoms with Crippen molar-refractivity contribution >= 4 is 11.8 Å². The van der Waals surface area contributed by atoms with Crippen molar-refractivity contribution in [3.05, 3.63) is 64.7 Å². The van der Waals surface area contributed by atoms with Crippen LogP contribution in [0, 0.1) is 13.8 Å². The summed E-state index contributed by atoms with van der Waals surface area (Å²) in [6.45, 7) is 8.51. The minimum absolute atomic E-state index is 0.0746. The predicted octanol–water partition coefficient (Wildman–Crippen LogP) is 3.87. The maximum Gasteiger partial charge on any atom is 0.263 e. The van der Waals surface area contributed by atoms with Crippen molar-refractivity contribution < 1.29 is 14.3 Å². The monoisotopic (exact) mass is 449 g/mol. The Labute approximate surface area is 196 Å². The molecule has 0 spiro atoms. The fourth-order valence-electron chi connectivity index (χ4n) is 5.28. The molecule has 0 aliphatic carbocycles. The van der Waals surface area contributed by atoms with Gasteiger partial charge in [0, 0.05) is 30.2 Å². The maximum atomic E-state index is 13.1. The smallest absolute Gasteiger partial charge is 0.263 e. The molecule has 2 heterocycles. The maximum absolute atomic E-state index is 13.1. The molecular weight excluding hydrogens is 414 g/mol. The number of carbonyl (C=O) groups is 2. The van der Waals surface area contributed by atoms with Gasteiger partial charge in [0.1, 0.15) is 5.75 Å². The third-order valence-electron chi connectivity index (χ3n) is 7.04. The van der Waals surface area contributed by atoms with E-state index in [9.17, 15) is 9.59 Å². The van der Waals surface area contributed by atoms with Crippen molar-refractivity contribution in [2.75, 3.05) is 0 Å². The number of amides is 2. The van der Waals surface area contributed by atoms with E-state index in [1.165, 1.54) is 5.56 Å². The molecule has 2 aliphatic heterocycles. The summed E-state index contributed by atoms with van der Waals surface area (Å²) in [6.07, 6.45) is 4.12. The third-order valence-corrected chi connectivity index (χ3v) is 7.04. The number of hydrogen-bond donors (Lipinski definition) is 2. The zero-order valence-corrected chi connectivity index (χ0v) is 20.1. The van der Waals surface area contributed by atoms with Crippen molar-refractivity contribution in [2.45, 2.75) is 83.6 Å². The first-order valence-electron chi connectivity index (χ1n) is 11.8. The Morgan fingerprint density at radius 2 is 1.79 bits per heavy atom. The molecule has 176 valence electrons. The molecule has 2 amide bonds. The normalized spacial score (nSPS) is 22.7. The quantitative estimate of drug-likeness (QED) is 0.672. The lowest BCUT2D eigenvalue weighted by Crippen LogP contribution is -2.55. The summed E-state index contributed by atoms with van der Waals surface area (Å²) >= 11 is 0. The van der Waals surface area contributed by atoms with Crippen LogP contribution < -0.4 is 15.8 Å². The fourth-order valence-corrected chi connectivity index (χ4v) is 5.28. The lowest BCUT2D eigenvalue weighted by molar-refractivity contribution is -0.135. The third kappa shape index (κ3) is 5.22. The summed E-state index contributed by atoms with van der Waals surface area (Å²) in [7, 11) is 0. The number of fused-ring (bicyclic) bond motifs is 2. The van der Waals surface area contributed by atoms with E-state index in [-0.39, 0.29) is 11.9 Å². The highest BCUT2D eigenvalue weighted by Gasteiger charge is 2.42. The number of carbonyl (C=O) groups excluding carboxylic acids is 2. The van der Waals surface area contributed by atoms with Crippen LogP contribution in [0.4, 0.5) is 0 Å². The Kier molecular flexibility index (Phi) is 6.48. The van der Waals surface area contributed by atoms with Crippen molar-refractivity contribution in [1.29, 1.82) is 0 Å². The molecule has 2 aromatic carbocycles.